The number of benzene rings is 2. The third-order valence-electron chi connectivity index (χ3n) is 2.38. The molecular formula is C13H7BrF6MgO. The monoisotopic (exact) mass is 396 g/mol. The van der Waals surface area contributed by atoms with E-state index in [0.717, 1.165) is 0 Å². The smallest absolute Gasteiger partial charge is 1.00 e. The summed E-state index contributed by atoms with van der Waals surface area (Å²) in [5, 5.41) is 0. The molecule has 0 aliphatic carbocycles. The van der Waals surface area contributed by atoms with Gasteiger partial charge >= 0.3 is 29.2 Å². The van der Waals surface area contributed by atoms with Crippen LogP contribution >= 0.6 is 15.9 Å². The number of hydrogen-bond acceptors (Lipinski definition) is 1. The zero-order valence-electron chi connectivity index (χ0n) is 12.6. The van der Waals surface area contributed by atoms with Crippen molar-refractivity contribution >= 4 is 39.0 Å². The second-order valence-electron chi connectivity index (χ2n) is 3.97. The van der Waals surface area contributed by atoms with E-state index in [9.17, 15) is 26.3 Å². The fourth-order valence-electron chi connectivity index (χ4n) is 1.61. The van der Waals surface area contributed by atoms with Gasteiger partial charge in [0.25, 0.3) is 0 Å². The molecule has 0 aromatic heterocycles. The Bertz CT molecular complexity index is 661. The average Bonchev–Trinajstić information content (AvgIpc) is 2.23. The van der Waals surface area contributed by atoms with E-state index in [4.69, 9.17) is 0 Å². The fourth-order valence-corrected chi connectivity index (χ4v) is 2.01. The molecule has 0 aliphatic rings. The van der Waals surface area contributed by atoms with Crippen LogP contribution in [0.3, 0.4) is 0 Å². The molecule has 116 valence electrons. The van der Waals surface area contributed by atoms with Crippen LogP contribution < -0.4 is 4.74 Å². The van der Waals surface area contributed by atoms with Crippen molar-refractivity contribution in [1.29, 1.82) is 0 Å². The molecule has 2 rings (SSSR count). The maximum atomic E-state index is 13.8. The van der Waals surface area contributed by atoms with Gasteiger partial charge in [-0.15, -0.1) is 0 Å². The molecule has 0 saturated heterocycles. The van der Waals surface area contributed by atoms with Gasteiger partial charge in [-0.1, -0.05) is 15.9 Å². The summed E-state index contributed by atoms with van der Waals surface area (Å²) < 4.78 is 84.3. The van der Waals surface area contributed by atoms with Crippen molar-refractivity contribution in [3.8, 4) is 5.75 Å². The van der Waals surface area contributed by atoms with Gasteiger partial charge in [0.1, 0.15) is 34.6 Å². The molecule has 2 aromatic rings. The minimum absolute atomic E-state index is 0. The Morgan fingerprint density at radius 2 is 1.32 bits per heavy atom. The van der Waals surface area contributed by atoms with Crippen LogP contribution in [0.4, 0.5) is 26.3 Å². The van der Waals surface area contributed by atoms with Gasteiger partial charge in [-0.05, 0) is 12.1 Å². The van der Waals surface area contributed by atoms with E-state index >= 15 is 0 Å². The molecule has 0 aliphatic heterocycles. The maximum Gasteiger partial charge on any atom is 2.00 e. The van der Waals surface area contributed by atoms with Crippen LogP contribution in [0.1, 0.15) is 8.42 Å². The molecule has 1 nitrogen and oxygen atoms in total. The predicted octanol–water partition coefficient (Wildman–Crippen LogP) is 4.98. The number of halogens is 7. The second-order valence-corrected chi connectivity index (χ2v) is 4.88. The number of hydrogen-bond donors (Lipinski definition) is 0. The first-order chi connectivity index (χ1) is 9.69. The van der Waals surface area contributed by atoms with Crippen LogP contribution in [0.15, 0.2) is 34.8 Å². The fraction of sp³-hybridized carbons (Fsp3) is 0.0769. The summed E-state index contributed by atoms with van der Waals surface area (Å²) in [5.41, 5.74) is -1.66. The molecule has 0 atom stereocenters. The third kappa shape index (κ3) is 4.29. The van der Waals surface area contributed by atoms with Crippen LogP contribution in [0, 0.1) is 23.3 Å². The molecule has 0 saturated carbocycles. The Morgan fingerprint density at radius 1 is 0.864 bits per heavy atom. The van der Waals surface area contributed by atoms with E-state index in [1.54, 1.807) is 0 Å². The molecule has 0 spiro atoms. The summed E-state index contributed by atoms with van der Waals surface area (Å²) in [6.07, 6.45) is -4.45. The van der Waals surface area contributed by atoms with Crippen molar-refractivity contribution in [2.24, 2.45) is 0 Å². The van der Waals surface area contributed by atoms with Crippen molar-refractivity contribution < 1.29 is 33.9 Å². The second kappa shape index (κ2) is 7.09. The number of alkyl halides is 2. The van der Waals surface area contributed by atoms with Gasteiger partial charge in [0.05, 0.1) is 0 Å². The summed E-state index contributed by atoms with van der Waals surface area (Å²) in [6.45, 7) is 0. The molecule has 22 heavy (non-hydrogen) atoms. The van der Waals surface area contributed by atoms with E-state index in [2.05, 4.69) is 20.7 Å². The maximum absolute atomic E-state index is 13.8. The van der Waals surface area contributed by atoms with Crippen molar-refractivity contribution in [2.45, 2.75) is 6.11 Å². The Labute approximate surface area is 148 Å². The largest absolute Gasteiger partial charge is 2.00 e. The van der Waals surface area contributed by atoms with Gasteiger partial charge in [-0.25, -0.2) is 17.6 Å². The molecule has 0 heterocycles. The van der Waals surface area contributed by atoms with Crippen LogP contribution in [0.5, 0.6) is 5.75 Å². The third-order valence-corrected chi connectivity index (χ3v) is 2.84. The molecule has 9 heteroatoms. The normalized spacial score (nSPS) is 11.0. The van der Waals surface area contributed by atoms with Gasteiger partial charge in [-0.3, -0.25) is 0 Å². The van der Waals surface area contributed by atoms with E-state index in [1.165, 1.54) is 0 Å². The van der Waals surface area contributed by atoms with Crippen molar-refractivity contribution in [3.63, 3.8) is 0 Å². The van der Waals surface area contributed by atoms with E-state index in [0.29, 0.717) is 30.3 Å². The number of ether oxygens (including phenoxy) is 1. The van der Waals surface area contributed by atoms with Crippen molar-refractivity contribution in [3.05, 3.63) is 63.6 Å². The van der Waals surface area contributed by atoms with Crippen LogP contribution in [0.25, 0.3) is 0 Å². The van der Waals surface area contributed by atoms with Gasteiger partial charge < -0.3 is 7.59 Å². The van der Waals surface area contributed by atoms with Crippen molar-refractivity contribution in [1.82, 2.24) is 0 Å². The average molecular weight is 397 g/mol. The Balaban J connectivity index is 0. The number of rotatable bonds is 3. The molecule has 2 aromatic carbocycles. The molecule has 0 bridgehead atoms. The van der Waals surface area contributed by atoms with E-state index in [-0.39, 0.29) is 30.4 Å². The molecule has 0 N–H and O–H groups in total. The zero-order chi connectivity index (χ0) is 15.8. The molecular weight excluding hydrogens is 390 g/mol. The SMILES string of the molecule is Fc1cc(F)cc(OC(F)(F)c2c(F)cc(Br)cc2F)c1.[H-].[H-].[Mg+2]. The first-order valence-corrected chi connectivity index (χ1v) is 6.16. The first-order valence-electron chi connectivity index (χ1n) is 5.37. The van der Waals surface area contributed by atoms with Crippen LogP contribution in [0.2, 0.25) is 0 Å². The zero-order valence-corrected chi connectivity index (χ0v) is 13.6. The van der Waals surface area contributed by atoms with Gasteiger partial charge in [0, 0.05) is 22.7 Å². The van der Waals surface area contributed by atoms with Crippen LogP contribution in [-0.2, 0) is 6.11 Å². The summed E-state index contributed by atoms with van der Waals surface area (Å²) in [4.78, 5) is 0. The summed E-state index contributed by atoms with van der Waals surface area (Å²) >= 11 is 2.73. The molecule has 0 fully saturated rings. The van der Waals surface area contributed by atoms with Crippen molar-refractivity contribution in [2.75, 3.05) is 0 Å². The Morgan fingerprint density at radius 3 is 1.77 bits per heavy atom. The molecule has 0 unspecified atom stereocenters. The predicted molar refractivity (Wildman–Crippen MR) is 72.9 cm³/mol. The van der Waals surface area contributed by atoms with Crippen LogP contribution in [-0.4, -0.2) is 23.1 Å². The van der Waals surface area contributed by atoms with Gasteiger partial charge in [0.2, 0.25) is 0 Å². The summed E-state index contributed by atoms with van der Waals surface area (Å²) in [5.74, 6) is -6.37. The minimum Gasteiger partial charge on any atom is -1.00 e. The first kappa shape index (κ1) is 19.1. The summed E-state index contributed by atoms with van der Waals surface area (Å²) in [7, 11) is 0. The molecule has 0 radical (unpaired) electrons. The van der Waals surface area contributed by atoms with Gasteiger partial charge in [-0.2, -0.15) is 8.78 Å². The van der Waals surface area contributed by atoms with E-state index < -0.39 is 40.7 Å². The quantitative estimate of drug-likeness (QED) is 0.525. The van der Waals surface area contributed by atoms with Gasteiger partial charge in [0.15, 0.2) is 0 Å². The molecule has 0 amide bonds. The minimum atomic E-state index is -4.45. The summed E-state index contributed by atoms with van der Waals surface area (Å²) in [6, 6.07) is 2.59. The Hall–Kier alpha value is -0.934. The topological polar surface area (TPSA) is 9.23 Å². The Kier molecular flexibility index (Phi) is 6.16. The standard InChI is InChI=1S/C13H5BrF6O.Mg.2H/c14-6-1-10(17)12(11(18)2-6)13(19,20)21-9-4-7(15)3-8(16)5-9;;;/h1-5H;;;/q;+2;2*-1. The van der Waals surface area contributed by atoms with E-state index in [1.807, 2.05) is 0 Å².